The largest absolute Gasteiger partial charge is 0.382 e. The fourth-order valence-electron chi connectivity index (χ4n) is 4.16. The predicted octanol–water partition coefficient (Wildman–Crippen LogP) is 2.90. The van der Waals surface area contributed by atoms with E-state index in [1.165, 1.54) is 18.9 Å². The smallest absolute Gasteiger partial charge is 0.254 e. The van der Waals surface area contributed by atoms with Gasteiger partial charge in [-0.25, -0.2) is 13.1 Å². The molecule has 2 fully saturated rings. The number of hydrogen-bond acceptors (Lipinski definition) is 5. The molecule has 0 atom stereocenters. The number of rotatable bonds is 5. The predicted molar refractivity (Wildman–Crippen MR) is 120 cm³/mol. The molecule has 0 aromatic heterocycles. The molecule has 1 amide bonds. The standard InChI is InChI=1S/C22H36N4O3S/c1-22(2,3)24-30(28,29)20-15-17(14-19(16-20)23-18-8-5-6-9-18)21(27)26-11-7-10-25(4)12-13-26/h14-16,18,23-24H,5-13H2,1-4H3. The third-order valence-electron chi connectivity index (χ3n) is 5.64. The summed E-state index contributed by atoms with van der Waals surface area (Å²) < 4.78 is 28.7. The number of carbonyl (C=O) groups is 1. The van der Waals surface area contributed by atoms with Gasteiger partial charge in [0.25, 0.3) is 5.91 Å². The SMILES string of the molecule is CN1CCCN(C(=O)c2cc(NC3CCCC3)cc(S(=O)(=O)NC(C)(C)C)c2)CC1. The summed E-state index contributed by atoms with van der Waals surface area (Å²) in [6.07, 6.45) is 5.40. The van der Waals surface area contributed by atoms with Crippen LogP contribution in [0.25, 0.3) is 0 Å². The van der Waals surface area contributed by atoms with Crippen molar-refractivity contribution in [3.05, 3.63) is 23.8 Å². The Hall–Kier alpha value is -1.64. The van der Waals surface area contributed by atoms with Crippen molar-refractivity contribution in [2.24, 2.45) is 0 Å². The van der Waals surface area contributed by atoms with Crippen LogP contribution in [0.15, 0.2) is 23.1 Å². The van der Waals surface area contributed by atoms with E-state index in [-0.39, 0.29) is 10.8 Å². The van der Waals surface area contributed by atoms with E-state index in [0.29, 0.717) is 30.4 Å². The number of nitrogens with one attached hydrogen (secondary N) is 2. The number of hydrogen-bond donors (Lipinski definition) is 2. The van der Waals surface area contributed by atoms with Crippen LogP contribution in [-0.4, -0.2) is 68.9 Å². The average molecular weight is 437 g/mol. The quantitative estimate of drug-likeness (QED) is 0.742. The Bertz CT molecular complexity index is 858. The molecule has 0 unspecified atom stereocenters. The maximum absolute atomic E-state index is 13.3. The van der Waals surface area contributed by atoms with Crippen molar-refractivity contribution >= 4 is 21.6 Å². The summed E-state index contributed by atoms with van der Waals surface area (Å²) in [4.78, 5) is 17.5. The maximum atomic E-state index is 13.3. The molecule has 0 bridgehead atoms. The van der Waals surface area contributed by atoms with Crippen molar-refractivity contribution in [3.8, 4) is 0 Å². The highest BCUT2D eigenvalue weighted by molar-refractivity contribution is 7.89. The molecule has 1 saturated heterocycles. The second-order valence-corrected chi connectivity index (χ2v) is 11.4. The molecule has 3 rings (SSSR count). The van der Waals surface area contributed by atoms with Gasteiger partial charge in [0.15, 0.2) is 0 Å². The first-order valence-electron chi connectivity index (χ1n) is 11.0. The van der Waals surface area contributed by atoms with Gasteiger partial charge in [0.2, 0.25) is 10.0 Å². The molecule has 0 spiro atoms. The second-order valence-electron chi connectivity index (χ2n) is 9.68. The van der Waals surface area contributed by atoms with Gasteiger partial charge in [-0.3, -0.25) is 4.79 Å². The second kappa shape index (κ2) is 9.24. The number of sulfonamides is 1. The van der Waals surface area contributed by atoms with Crippen molar-refractivity contribution < 1.29 is 13.2 Å². The Balaban J connectivity index is 1.93. The van der Waals surface area contributed by atoms with Crippen LogP contribution >= 0.6 is 0 Å². The highest BCUT2D eigenvalue weighted by Gasteiger charge is 2.26. The molecule has 1 saturated carbocycles. The van der Waals surface area contributed by atoms with E-state index in [2.05, 4.69) is 22.0 Å². The Morgan fingerprint density at radius 3 is 2.37 bits per heavy atom. The van der Waals surface area contributed by atoms with E-state index in [1.807, 2.05) is 31.7 Å². The van der Waals surface area contributed by atoms with Gasteiger partial charge in [-0.15, -0.1) is 0 Å². The van der Waals surface area contributed by atoms with Gasteiger partial charge in [-0.1, -0.05) is 12.8 Å². The van der Waals surface area contributed by atoms with Crippen LogP contribution in [0.3, 0.4) is 0 Å². The van der Waals surface area contributed by atoms with Crippen molar-refractivity contribution in [1.29, 1.82) is 0 Å². The summed E-state index contributed by atoms with van der Waals surface area (Å²) in [5, 5.41) is 3.46. The topological polar surface area (TPSA) is 81.8 Å². The number of anilines is 1. The van der Waals surface area contributed by atoms with E-state index in [9.17, 15) is 13.2 Å². The van der Waals surface area contributed by atoms with E-state index in [4.69, 9.17) is 0 Å². The third-order valence-corrected chi connectivity index (χ3v) is 7.37. The van der Waals surface area contributed by atoms with Crippen LogP contribution in [0.5, 0.6) is 0 Å². The Labute approximate surface area is 181 Å². The summed E-state index contributed by atoms with van der Waals surface area (Å²) >= 11 is 0. The Kier molecular flexibility index (Phi) is 7.09. The lowest BCUT2D eigenvalue weighted by molar-refractivity contribution is 0.0762. The molecule has 0 radical (unpaired) electrons. The molecule has 2 N–H and O–H groups in total. The van der Waals surface area contributed by atoms with Crippen LogP contribution in [0.1, 0.15) is 63.2 Å². The van der Waals surface area contributed by atoms with Gasteiger partial charge in [0.05, 0.1) is 4.90 Å². The molecule has 30 heavy (non-hydrogen) atoms. The summed E-state index contributed by atoms with van der Waals surface area (Å²) in [6.45, 7) is 8.55. The van der Waals surface area contributed by atoms with Crippen LogP contribution in [0.4, 0.5) is 5.69 Å². The molecule has 1 aromatic rings. The van der Waals surface area contributed by atoms with Gasteiger partial charge in [-0.2, -0.15) is 0 Å². The van der Waals surface area contributed by atoms with Crippen LogP contribution < -0.4 is 10.0 Å². The molecular formula is C22H36N4O3S. The highest BCUT2D eigenvalue weighted by atomic mass is 32.2. The monoisotopic (exact) mass is 436 g/mol. The van der Waals surface area contributed by atoms with E-state index in [0.717, 1.165) is 32.4 Å². The normalized spacial score (nSPS) is 19.7. The number of carbonyl (C=O) groups excluding carboxylic acids is 1. The first-order valence-corrected chi connectivity index (χ1v) is 12.5. The third kappa shape index (κ3) is 6.18. The van der Waals surface area contributed by atoms with Gasteiger partial charge in [-0.05, 0) is 71.8 Å². The van der Waals surface area contributed by atoms with E-state index < -0.39 is 15.6 Å². The molecule has 1 aliphatic heterocycles. The lowest BCUT2D eigenvalue weighted by Gasteiger charge is -2.24. The fraction of sp³-hybridized carbons (Fsp3) is 0.682. The van der Waals surface area contributed by atoms with E-state index in [1.54, 1.807) is 6.07 Å². The van der Waals surface area contributed by atoms with Crippen molar-refractivity contribution in [3.63, 3.8) is 0 Å². The highest BCUT2D eigenvalue weighted by Crippen LogP contribution is 2.26. The van der Waals surface area contributed by atoms with Crippen molar-refractivity contribution in [1.82, 2.24) is 14.5 Å². The zero-order valence-corrected chi connectivity index (χ0v) is 19.5. The molecular weight excluding hydrogens is 400 g/mol. The zero-order chi connectivity index (χ0) is 21.9. The van der Waals surface area contributed by atoms with Crippen molar-refractivity contribution in [2.75, 3.05) is 38.5 Å². The van der Waals surface area contributed by atoms with E-state index >= 15 is 0 Å². The van der Waals surface area contributed by atoms with Gasteiger partial charge >= 0.3 is 0 Å². The average Bonchev–Trinajstić information content (AvgIpc) is 3.05. The molecule has 1 aromatic carbocycles. The minimum Gasteiger partial charge on any atom is -0.382 e. The summed E-state index contributed by atoms with van der Waals surface area (Å²) in [7, 11) is -1.69. The summed E-state index contributed by atoms with van der Waals surface area (Å²) in [5.41, 5.74) is 0.526. The van der Waals surface area contributed by atoms with Crippen molar-refractivity contribution in [2.45, 2.75) is 69.4 Å². The maximum Gasteiger partial charge on any atom is 0.254 e. The lowest BCUT2D eigenvalue weighted by Crippen LogP contribution is -2.40. The molecule has 8 heteroatoms. The number of benzene rings is 1. The molecule has 1 heterocycles. The number of nitrogens with zero attached hydrogens (tertiary/aromatic N) is 2. The van der Waals surface area contributed by atoms with Gasteiger partial charge in [0, 0.05) is 42.5 Å². The van der Waals surface area contributed by atoms with Gasteiger partial charge in [0.1, 0.15) is 0 Å². The molecule has 1 aliphatic carbocycles. The Morgan fingerprint density at radius 2 is 1.70 bits per heavy atom. The first-order chi connectivity index (χ1) is 14.0. The Morgan fingerprint density at radius 1 is 1.00 bits per heavy atom. The zero-order valence-electron chi connectivity index (χ0n) is 18.7. The fourth-order valence-corrected chi connectivity index (χ4v) is 5.65. The molecule has 2 aliphatic rings. The summed E-state index contributed by atoms with van der Waals surface area (Å²) in [6, 6.07) is 5.31. The minimum atomic E-state index is -3.75. The number of amides is 1. The lowest BCUT2D eigenvalue weighted by atomic mass is 10.1. The van der Waals surface area contributed by atoms with Crippen LogP contribution in [-0.2, 0) is 10.0 Å². The van der Waals surface area contributed by atoms with Crippen LogP contribution in [0, 0.1) is 0 Å². The van der Waals surface area contributed by atoms with Crippen LogP contribution in [0.2, 0.25) is 0 Å². The van der Waals surface area contributed by atoms with Gasteiger partial charge < -0.3 is 15.1 Å². The first kappa shape index (κ1) is 23.0. The minimum absolute atomic E-state index is 0.104. The number of likely N-dealkylation sites (N-methyl/N-ethyl adjacent to an activating group) is 1. The molecule has 168 valence electrons. The molecule has 7 nitrogen and oxygen atoms in total. The summed E-state index contributed by atoms with van der Waals surface area (Å²) in [5.74, 6) is -0.104.